The number of rotatable bonds is 8. The van der Waals surface area contributed by atoms with E-state index in [-0.39, 0.29) is 5.97 Å². The molecule has 0 saturated carbocycles. The number of esters is 1. The van der Waals surface area contributed by atoms with Gasteiger partial charge in [0.1, 0.15) is 12.4 Å². The molecular weight excluding hydrogens is 374 g/mol. The molecule has 5 heteroatoms. The summed E-state index contributed by atoms with van der Waals surface area (Å²) in [6.07, 6.45) is 0. The first-order chi connectivity index (χ1) is 13.7. The second-order valence-corrected chi connectivity index (χ2v) is 6.59. The summed E-state index contributed by atoms with van der Waals surface area (Å²) >= 11 is 6.17. The van der Waals surface area contributed by atoms with Gasteiger partial charge in [-0.05, 0) is 55.0 Å². The van der Waals surface area contributed by atoms with Crippen molar-refractivity contribution in [3.05, 3.63) is 94.5 Å². The Bertz CT molecular complexity index is 925. The van der Waals surface area contributed by atoms with E-state index in [1.165, 1.54) is 0 Å². The topological polar surface area (TPSA) is 47.6 Å². The van der Waals surface area contributed by atoms with E-state index >= 15 is 0 Å². The number of ether oxygens (including phenoxy) is 2. The van der Waals surface area contributed by atoms with Crippen molar-refractivity contribution in [2.24, 2.45) is 0 Å². The highest BCUT2D eigenvalue weighted by Gasteiger charge is 2.06. The first-order valence-corrected chi connectivity index (χ1v) is 9.49. The van der Waals surface area contributed by atoms with Crippen LogP contribution in [0.15, 0.2) is 72.8 Å². The summed E-state index contributed by atoms with van der Waals surface area (Å²) in [5.74, 6) is 0.481. The van der Waals surface area contributed by atoms with Gasteiger partial charge in [-0.15, -0.1) is 0 Å². The summed E-state index contributed by atoms with van der Waals surface area (Å²) < 4.78 is 10.9. The van der Waals surface area contributed by atoms with Gasteiger partial charge < -0.3 is 14.8 Å². The van der Waals surface area contributed by atoms with Crippen molar-refractivity contribution in [3.63, 3.8) is 0 Å². The maximum Gasteiger partial charge on any atom is 0.338 e. The fourth-order valence-electron chi connectivity index (χ4n) is 2.66. The number of hydrogen-bond donors (Lipinski definition) is 1. The van der Waals surface area contributed by atoms with Gasteiger partial charge in [0.2, 0.25) is 0 Å². The zero-order valence-electron chi connectivity index (χ0n) is 15.7. The molecule has 144 valence electrons. The third kappa shape index (κ3) is 5.51. The SMILES string of the molecule is CCOC(=O)c1ccc(NCc2cccc(OCc3ccccc3Cl)c2)cc1. The Balaban J connectivity index is 1.56. The van der Waals surface area contributed by atoms with E-state index in [4.69, 9.17) is 21.1 Å². The Hall–Kier alpha value is -2.98. The van der Waals surface area contributed by atoms with Crippen LogP contribution in [0.2, 0.25) is 5.02 Å². The molecule has 0 fully saturated rings. The van der Waals surface area contributed by atoms with Crippen molar-refractivity contribution < 1.29 is 14.3 Å². The third-order valence-corrected chi connectivity index (χ3v) is 4.51. The molecule has 0 saturated heterocycles. The first kappa shape index (κ1) is 19.8. The molecule has 0 atom stereocenters. The molecule has 3 rings (SSSR count). The van der Waals surface area contributed by atoms with Crippen molar-refractivity contribution in [2.75, 3.05) is 11.9 Å². The molecule has 0 radical (unpaired) electrons. The number of anilines is 1. The second kappa shape index (κ2) is 9.81. The van der Waals surface area contributed by atoms with Gasteiger partial charge in [0, 0.05) is 22.8 Å². The van der Waals surface area contributed by atoms with Gasteiger partial charge in [-0.1, -0.05) is 41.9 Å². The standard InChI is InChI=1S/C23H22ClNO3/c1-2-27-23(26)18-10-12-20(13-11-18)25-15-17-6-5-8-21(14-17)28-16-19-7-3-4-9-22(19)24/h3-14,25H,2,15-16H2,1H3. The molecule has 0 aliphatic rings. The lowest BCUT2D eigenvalue weighted by molar-refractivity contribution is 0.0526. The Morgan fingerprint density at radius 2 is 1.79 bits per heavy atom. The van der Waals surface area contributed by atoms with Crippen LogP contribution in [-0.4, -0.2) is 12.6 Å². The summed E-state index contributed by atoms with van der Waals surface area (Å²) in [6, 6.07) is 22.8. The monoisotopic (exact) mass is 395 g/mol. The van der Waals surface area contributed by atoms with E-state index in [0.29, 0.717) is 30.3 Å². The highest BCUT2D eigenvalue weighted by molar-refractivity contribution is 6.31. The molecular formula is C23H22ClNO3. The molecule has 0 heterocycles. The average molecular weight is 396 g/mol. The molecule has 0 spiro atoms. The molecule has 0 aliphatic carbocycles. The maximum atomic E-state index is 11.7. The molecule has 0 bridgehead atoms. The van der Waals surface area contributed by atoms with E-state index in [0.717, 1.165) is 22.6 Å². The summed E-state index contributed by atoms with van der Waals surface area (Å²) in [6.45, 7) is 3.22. The van der Waals surface area contributed by atoms with Crippen LogP contribution in [0.1, 0.15) is 28.4 Å². The Morgan fingerprint density at radius 3 is 2.54 bits per heavy atom. The number of carbonyl (C=O) groups is 1. The van der Waals surface area contributed by atoms with Crippen LogP contribution in [0.4, 0.5) is 5.69 Å². The molecule has 4 nitrogen and oxygen atoms in total. The fourth-order valence-corrected chi connectivity index (χ4v) is 2.85. The minimum absolute atomic E-state index is 0.308. The van der Waals surface area contributed by atoms with Gasteiger partial charge >= 0.3 is 5.97 Å². The Kier molecular flexibility index (Phi) is 6.93. The van der Waals surface area contributed by atoms with Gasteiger partial charge in [0.15, 0.2) is 0 Å². The maximum absolute atomic E-state index is 11.7. The van der Waals surface area contributed by atoms with Gasteiger partial charge in [0.05, 0.1) is 12.2 Å². The summed E-state index contributed by atoms with van der Waals surface area (Å²) in [7, 11) is 0. The van der Waals surface area contributed by atoms with Crippen LogP contribution in [0.3, 0.4) is 0 Å². The van der Waals surface area contributed by atoms with Crippen LogP contribution >= 0.6 is 11.6 Å². The number of benzene rings is 3. The molecule has 3 aromatic rings. The normalized spacial score (nSPS) is 10.4. The predicted molar refractivity (Wildman–Crippen MR) is 112 cm³/mol. The van der Waals surface area contributed by atoms with Crippen LogP contribution in [0, 0.1) is 0 Å². The number of hydrogen-bond acceptors (Lipinski definition) is 4. The lowest BCUT2D eigenvalue weighted by Crippen LogP contribution is -2.05. The van der Waals surface area contributed by atoms with E-state index in [1.54, 1.807) is 19.1 Å². The van der Waals surface area contributed by atoms with Crippen molar-refractivity contribution in [1.82, 2.24) is 0 Å². The molecule has 28 heavy (non-hydrogen) atoms. The molecule has 0 aliphatic heterocycles. The zero-order valence-corrected chi connectivity index (χ0v) is 16.4. The van der Waals surface area contributed by atoms with Crippen molar-refractivity contribution in [3.8, 4) is 5.75 Å². The second-order valence-electron chi connectivity index (χ2n) is 6.18. The Morgan fingerprint density at radius 1 is 1.00 bits per heavy atom. The molecule has 3 aromatic carbocycles. The third-order valence-electron chi connectivity index (χ3n) is 4.14. The van der Waals surface area contributed by atoms with Crippen LogP contribution in [0.25, 0.3) is 0 Å². The van der Waals surface area contributed by atoms with Gasteiger partial charge in [-0.25, -0.2) is 4.79 Å². The minimum Gasteiger partial charge on any atom is -0.489 e. The average Bonchev–Trinajstić information content (AvgIpc) is 2.72. The summed E-state index contributed by atoms with van der Waals surface area (Å²) in [5, 5.41) is 4.04. The van der Waals surface area contributed by atoms with Gasteiger partial charge in [-0.2, -0.15) is 0 Å². The van der Waals surface area contributed by atoms with E-state index in [2.05, 4.69) is 5.32 Å². The number of nitrogens with one attached hydrogen (secondary N) is 1. The lowest BCUT2D eigenvalue weighted by atomic mass is 10.2. The number of halogens is 1. The fraction of sp³-hybridized carbons (Fsp3) is 0.174. The largest absolute Gasteiger partial charge is 0.489 e. The van der Waals surface area contributed by atoms with Crippen LogP contribution < -0.4 is 10.1 Å². The number of carbonyl (C=O) groups excluding carboxylic acids is 1. The van der Waals surface area contributed by atoms with Crippen molar-refractivity contribution in [1.29, 1.82) is 0 Å². The molecule has 0 amide bonds. The van der Waals surface area contributed by atoms with Crippen LogP contribution in [-0.2, 0) is 17.9 Å². The van der Waals surface area contributed by atoms with Crippen molar-refractivity contribution in [2.45, 2.75) is 20.1 Å². The van der Waals surface area contributed by atoms with Gasteiger partial charge in [0.25, 0.3) is 0 Å². The van der Waals surface area contributed by atoms with E-state index < -0.39 is 0 Å². The van der Waals surface area contributed by atoms with Crippen LogP contribution in [0.5, 0.6) is 5.75 Å². The summed E-state index contributed by atoms with van der Waals surface area (Å²) in [5.41, 5.74) is 3.51. The summed E-state index contributed by atoms with van der Waals surface area (Å²) in [4.78, 5) is 11.7. The van der Waals surface area contributed by atoms with E-state index in [9.17, 15) is 4.79 Å². The predicted octanol–water partition coefficient (Wildman–Crippen LogP) is 5.71. The molecule has 0 aromatic heterocycles. The minimum atomic E-state index is -0.308. The lowest BCUT2D eigenvalue weighted by Gasteiger charge is -2.11. The quantitative estimate of drug-likeness (QED) is 0.496. The molecule has 0 unspecified atom stereocenters. The first-order valence-electron chi connectivity index (χ1n) is 9.12. The van der Waals surface area contributed by atoms with Crippen molar-refractivity contribution >= 4 is 23.3 Å². The Labute approximate surface area is 170 Å². The highest BCUT2D eigenvalue weighted by Crippen LogP contribution is 2.20. The van der Waals surface area contributed by atoms with Gasteiger partial charge in [-0.3, -0.25) is 0 Å². The highest BCUT2D eigenvalue weighted by atomic mass is 35.5. The molecule has 1 N–H and O–H groups in total. The van der Waals surface area contributed by atoms with E-state index in [1.807, 2.05) is 60.7 Å². The zero-order chi connectivity index (χ0) is 19.8. The smallest absolute Gasteiger partial charge is 0.338 e.